The normalized spacial score (nSPS) is 14.1. The maximum absolute atomic E-state index is 12.8. The molecule has 6 nitrogen and oxygen atoms in total. The lowest BCUT2D eigenvalue weighted by atomic mass is 10.1. The summed E-state index contributed by atoms with van der Waals surface area (Å²) in [6.07, 6.45) is 5.63. The van der Waals surface area contributed by atoms with Crippen LogP contribution in [0.25, 0.3) is 16.9 Å². The first-order valence-corrected chi connectivity index (χ1v) is 7.88. The molecule has 0 radical (unpaired) electrons. The van der Waals surface area contributed by atoms with Crippen molar-refractivity contribution in [2.75, 3.05) is 7.11 Å². The molecule has 0 amide bonds. The maximum atomic E-state index is 12.8. The van der Waals surface area contributed by atoms with Gasteiger partial charge in [-0.05, 0) is 37.5 Å². The van der Waals surface area contributed by atoms with Crippen LogP contribution < -0.4 is 5.56 Å². The first kappa shape index (κ1) is 14.7. The minimum absolute atomic E-state index is 0.226. The molecule has 1 fully saturated rings. The second-order valence-electron chi connectivity index (χ2n) is 6.16. The molecule has 0 spiro atoms. The van der Waals surface area contributed by atoms with Gasteiger partial charge in [-0.15, -0.1) is 0 Å². The van der Waals surface area contributed by atoms with E-state index in [0.29, 0.717) is 28.6 Å². The number of ether oxygens (including phenoxy) is 1. The van der Waals surface area contributed by atoms with E-state index in [1.54, 1.807) is 12.4 Å². The number of methoxy groups -OCH3 is 1. The molecular weight excluding hydrogens is 306 g/mol. The van der Waals surface area contributed by atoms with Crippen LogP contribution in [0.2, 0.25) is 0 Å². The van der Waals surface area contributed by atoms with E-state index in [9.17, 15) is 9.59 Å². The van der Waals surface area contributed by atoms with Crippen LogP contribution in [0.1, 0.15) is 34.8 Å². The maximum Gasteiger partial charge on any atom is 0.341 e. The predicted molar refractivity (Wildman–Crippen MR) is 88.8 cm³/mol. The van der Waals surface area contributed by atoms with E-state index in [-0.39, 0.29) is 5.56 Å². The molecule has 0 atom stereocenters. The molecule has 0 unspecified atom stereocenters. The Labute approximate surface area is 138 Å². The average Bonchev–Trinajstić information content (AvgIpc) is 3.38. The van der Waals surface area contributed by atoms with Gasteiger partial charge in [-0.1, -0.05) is 12.1 Å². The molecule has 0 N–H and O–H groups in total. The van der Waals surface area contributed by atoms with Crippen molar-refractivity contribution < 1.29 is 9.53 Å². The topological polar surface area (TPSA) is 66.1 Å². The van der Waals surface area contributed by atoms with Gasteiger partial charge in [0.05, 0.1) is 18.4 Å². The molecule has 2 heterocycles. The van der Waals surface area contributed by atoms with Gasteiger partial charge in [-0.2, -0.15) is 9.78 Å². The molecule has 0 bridgehead atoms. The van der Waals surface area contributed by atoms with Gasteiger partial charge >= 0.3 is 5.97 Å². The van der Waals surface area contributed by atoms with Crippen LogP contribution in [0.15, 0.2) is 41.5 Å². The fraction of sp³-hybridized carbons (Fsp3) is 0.278. The molecular formula is C18H17N3O3. The molecule has 1 aliphatic carbocycles. The number of nitrogens with zero attached hydrogens (tertiary/aromatic N) is 3. The highest BCUT2D eigenvalue weighted by Gasteiger charge is 2.29. The summed E-state index contributed by atoms with van der Waals surface area (Å²) in [5.41, 5.74) is 2.63. The molecule has 0 saturated heterocycles. The molecule has 24 heavy (non-hydrogen) atoms. The Bertz CT molecular complexity index is 966. The number of carbonyl (C=O) groups is 1. The van der Waals surface area contributed by atoms with Gasteiger partial charge in [0.2, 0.25) is 0 Å². The largest absolute Gasteiger partial charge is 0.465 e. The van der Waals surface area contributed by atoms with Crippen LogP contribution in [-0.4, -0.2) is 27.4 Å². The summed E-state index contributed by atoms with van der Waals surface area (Å²) >= 11 is 0. The van der Waals surface area contributed by atoms with Gasteiger partial charge in [0.25, 0.3) is 5.56 Å². The number of esters is 1. The standard InChI is InChI=1S/C18H17N3O3/c1-11-4-3-5-13(8-11)21-17(22)14-9-20(12-6-7-12)10-15(16(14)19-21)18(23)24-2/h3-5,8-10,12H,6-7H2,1-2H3. The van der Waals surface area contributed by atoms with Gasteiger partial charge < -0.3 is 9.30 Å². The monoisotopic (exact) mass is 323 g/mol. The van der Waals surface area contributed by atoms with E-state index < -0.39 is 5.97 Å². The fourth-order valence-electron chi connectivity index (χ4n) is 2.90. The minimum atomic E-state index is -0.483. The number of rotatable bonds is 3. The zero-order valence-electron chi connectivity index (χ0n) is 13.5. The van der Waals surface area contributed by atoms with E-state index in [2.05, 4.69) is 5.10 Å². The Hall–Kier alpha value is -2.89. The summed E-state index contributed by atoms with van der Waals surface area (Å²) in [4.78, 5) is 25.0. The lowest BCUT2D eigenvalue weighted by molar-refractivity contribution is 0.0600. The van der Waals surface area contributed by atoms with Crippen molar-refractivity contribution >= 4 is 5.97 Å². The van der Waals surface area contributed by atoms with E-state index in [1.165, 1.54) is 11.8 Å². The van der Waals surface area contributed by atoms with Crippen molar-refractivity contribution in [2.24, 2.45) is 0 Å². The molecule has 122 valence electrons. The number of aryl methyl sites for hydroxylation is 1. The van der Waals surface area contributed by atoms with Crippen molar-refractivity contribution in [2.45, 2.75) is 25.8 Å². The summed E-state index contributed by atoms with van der Waals surface area (Å²) in [7, 11) is 1.33. The number of pyridine rings is 1. The fourth-order valence-corrected chi connectivity index (χ4v) is 2.90. The van der Waals surface area contributed by atoms with E-state index in [4.69, 9.17) is 4.74 Å². The Morgan fingerprint density at radius 2 is 2.08 bits per heavy atom. The molecule has 6 heteroatoms. The Morgan fingerprint density at radius 1 is 1.29 bits per heavy atom. The molecule has 4 rings (SSSR count). The van der Waals surface area contributed by atoms with Gasteiger partial charge in [-0.3, -0.25) is 4.79 Å². The van der Waals surface area contributed by atoms with E-state index in [1.807, 2.05) is 35.8 Å². The number of aromatic nitrogens is 3. The number of hydrogen-bond acceptors (Lipinski definition) is 4. The van der Waals surface area contributed by atoms with Gasteiger partial charge in [0.15, 0.2) is 0 Å². The third-order valence-electron chi connectivity index (χ3n) is 4.31. The lowest BCUT2D eigenvalue weighted by Gasteiger charge is -2.10. The van der Waals surface area contributed by atoms with Crippen molar-refractivity contribution in [3.63, 3.8) is 0 Å². The first-order valence-electron chi connectivity index (χ1n) is 7.88. The van der Waals surface area contributed by atoms with Gasteiger partial charge in [0, 0.05) is 18.4 Å². The Morgan fingerprint density at radius 3 is 2.75 bits per heavy atom. The predicted octanol–water partition coefficient (Wildman–Crippen LogP) is 2.57. The van der Waals surface area contributed by atoms with Gasteiger partial charge in [-0.25, -0.2) is 4.79 Å². The molecule has 0 aromatic heterocycles. The average molecular weight is 323 g/mol. The van der Waals surface area contributed by atoms with Crippen molar-refractivity contribution in [1.82, 2.24) is 14.3 Å². The SMILES string of the molecule is COC(=O)c1cn(C2CC2)cc2c(=O)n(-c3cccc(C)c3)nc1-2. The molecule has 2 aliphatic heterocycles. The van der Waals surface area contributed by atoms with Crippen LogP contribution in [0.3, 0.4) is 0 Å². The highest BCUT2D eigenvalue weighted by Crippen LogP contribution is 2.36. The molecule has 3 aliphatic rings. The van der Waals surface area contributed by atoms with Crippen LogP contribution in [-0.2, 0) is 4.74 Å². The molecule has 1 saturated carbocycles. The summed E-state index contributed by atoms with van der Waals surface area (Å²) in [5, 5.41) is 4.40. The quantitative estimate of drug-likeness (QED) is 0.695. The van der Waals surface area contributed by atoms with Crippen molar-refractivity contribution in [1.29, 1.82) is 0 Å². The van der Waals surface area contributed by atoms with E-state index in [0.717, 1.165) is 18.4 Å². The highest BCUT2D eigenvalue weighted by atomic mass is 16.5. The van der Waals surface area contributed by atoms with E-state index >= 15 is 0 Å². The minimum Gasteiger partial charge on any atom is -0.465 e. The van der Waals surface area contributed by atoms with Crippen LogP contribution in [0, 0.1) is 6.92 Å². The summed E-state index contributed by atoms with van der Waals surface area (Å²) in [5.74, 6) is -0.483. The Kier molecular flexibility index (Phi) is 3.26. The number of benzene rings is 1. The third-order valence-corrected chi connectivity index (χ3v) is 4.31. The number of fused-ring (bicyclic) bond motifs is 1. The first-order chi connectivity index (χ1) is 11.6. The number of hydrogen-bond donors (Lipinski definition) is 0. The number of carbonyl (C=O) groups excluding carboxylic acids is 1. The lowest BCUT2D eigenvalue weighted by Crippen LogP contribution is -2.15. The summed E-state index contributed by atoms with van der Waals surface area (Å²) in [6, 6.07) is 7.90. The zero-order chi connectivity index (χ0) is 16.8. The zero-order valence-corrected chi connectivity index (χ0v) is 13.5. The van der Waals surface area contributed by atoms with Crippen LogP contribution >= 0.6 is 0 Å². The second kappa shape index (κ2) is 5.33. The van der Waals surface area contributed by atoms with Crippen molar-refractivity contribution in [3.8, 4) is 16.9 Å². The van der Waals surface area contributed by atoms with Gasteiger partial charge in [0.1, 0.15) is 11.3 Å². The summed E-state index contributed by atoms with van der Waals surface area (Å²) < 4.78 is 8.15. The third kappa shape index (κ3) is 2.31. The van der Waals surface area contributed by atoms with Crippen LogP contribution in [0.5, 0.6) is 0 Å². The highest BCUT2D eigenvalue weighted by molar-refractivity contribution is 5.96. The molecule has 1 aromatic carbocycles. The second-order valence-corrected chi connectivity index (χ2v) is 6.16. The summed E-state index contributed by atoms with van der Waals surface area (Å²) in [6.45, 7) is 1.96. The van der Waals surface area contributed by atoms with Crippen molar-refractivity contribution in [3.05, 3.63) is 58.1 Å². The van der Waals surface area contributed by atoms with Crippen LogP contribution in [0.4, 0.5) is 0 Å². The molecule has 1 aromatic rings. The Balaban J connectivity index is 1.98. The smallest absolute Gasteiger partial charge is 0.341 e.